The van der Waals surface area contributed by atoms with Crippen LogP contribution in [0.1, 0.15) is 18.9 Å². The molecule has 0 spiro atoms. The maximum atomic E-state index is 12.4. The third-order valence-electron chi connectivity index (χ3n) is 4.70. The molecule has 0 atom stereocenters. The summed E-state index contributed by atoms with van der Waals surface area (Å²) in [4.78, 5) is 15.4. The number of H-pyrrole nitrogens is 1. The molecule has 2 heterocycles. The minimum absolute atomic E-state index is 0.137. The SMILES string of the molecule is CCCc1ccc(-c2c(OC)cc(Cl)c3[nH]c(=O)c4sccc4c23)cc1Cl. The van der Waals surface area contributed by atoms with Crippen molar-refractivity contribution in [3.05, 3.63) is 61.7 Å². The Hall–Kier alpha value is -2.01. The fourth-order valence-corrected chi connectivity index (χ4v) is 4.80. The number of fused-ring (bicyclic) bond motifs is 3. The normalized spacial score (nSPS) is 11.4. The smallest absolute Gasteiger partial charge is 0.266 e. The Kier molecular flexibility index (Phi) is 4.89. The van der Waals surface area contributed by atoms with E-state index in [2.05, 4.69) is 18.0 Å². The number of aryl methyl sites for hydroxylation is 1. The van der Waals surface area contributed by atoms with Crippen LogP contribution < -0.4 is 10.3 Å². The molecular formula is C21H17Cl2NO2S. The van der Waals surface area contributed by atoms with Gasteiger partial charge in [0.2, 0.25) is 0 Å². The summed E-state index contributed by atoms with van der Waals surface area (Å²) in [5.41, 5.74) is 3.40. The summed E-state index contributed by atoms with van der Waals surface area (Å²) in [6.07, 6.45) is 1.96. The van der Waals surface area contributed by atoms with Crippen LogP contribution in [-0.4, -0.2) is 12.1 Å². The van der Waals surface area contributed by atoms with Gasteiger partial charge in [-0.05, 0) is 35.1 Å². The Labute approximate surface area is 170 Å². The number of rotatable bonds is 4. The molecule has 4 aromatic rings. The number of methoxy groups -OCH3 is 1. The molecule has 0 fully saturated rings. The van der Waals surface area contributed by atoms with Crippen LogP contribution >= 0.6 is 34.5 Å². The van der Waals surface area contributed by atoms with Gasteiger partial charge in [-0.1, -0.05) is 48.7 Å². The van der Waals surface area contributed by atoms with E-state index in [9.17, 15) is 4.79 Å². The molecule has 2 aromatic heterocycles. The maximum absolute atomic E-state index is 12.4. The average Bonchev–Trinajstić information content (AvgIpc) is 3.15. The Morgan fingerprint density at radius 1 is 1.15 bits per heavy atom. The lowest BCUT2D eigenvalue weighted by Gasteiger charge is -2.16. The largest absolute Gasteiger partial charge is 0.496 e. The van der Waals surface area contributed by atoms with Gasteiger partial charge in [-0.3, -0.25) is 4.79 Å². The van der Waals surface area contributed by atoms with Crippen molar-refractivity contribution >= 4 is 55.5 Å². The van der Waals surface area contributed by atoms with Crippen LogP contribution in [0.5, 0.6) is 5.75 Å². The first-order valence-corrected chi connectivity index (χ1v) is 10.3. The number of aromatic amines is 1. The highest BCUT2D eigenvalue weighted by Gasteiger charge is 2.19. The Morgan fingerprint density at radius 2 is 1.96 bits per heavy atom. The second-order valence-electron chi connectivity index (χ2n) is 6.36. The standard InChI is InChI=1S/C21H17Cl2NO2S/c1-3-4-11-5-6-12(9-14(11)22)17-16(26-2)10-15(23)19-18(17)13-7-8-27-20(13)21(25)24-19/h5-10H,3-4H2,1-2H3,(H,24,25). The molecule has 0 bridgehead atoms. The summed E-state index contributed by atoms with van der Waals surface area (Å²) in [6, 6.07) is 9.75. The van der Waals surface area contributed by atoms with Crippen molar-refractivity contribution in [2.75, 3.05) is 7.11 Å². The van der Waals surface area contributed by atoms with Crippen LogP contribution in [-0.2, 0) is 6.42 Å². The highest BCUT2D eigenvalue weighted by atomic mass is 35.5. The van der Waals surface area contributed by atoms with E-state index in [0.717, 1.165) is 45.3 Å². The van der Waals surface area contributed by atoms with Gasteiger partial charge in [0.15, 0.2) is 0 Å². The number of halogens is 2. The molecule has 27 heavy (non-hydrogen) atoms. The van der Waals surface area contributed by atoms with Crippen molar-refractivity contribution in [3.8, 4) is 16.9 Å². The van der Waals surface area contributed by atoms with Gasteiger partial charge in [-0.15, -0.1) is 11.3 Å². The molecule has 0 saturated carbocycles. The van der Waals surface area contributed by atoms with Gasteiger partial charge in [0.05, 0.1) is 17.6 Å². The topological polar surface area (TPSA) is 42.1 Å². The predicted molar refractivity (Wildman–Crippen MR) is 116 cm³/mol. The van der Waals surface area contributed by atoms with Crippen LogP contribution in [0.25, 0.3) is 32.1 Å². The summed E-state index contributed by atoms with van der Waals surface area (Å²) in [6.45, 7) is 2.13. The molecule has 0 radical (unpaired) electrons. The first kappa shape index (κ1) is 18.4. The Bertz CT molecular complexity index is 1230. The molecular weight excluding hydrogens is 401 g/mol. The monoisotopic (exact) mass is 417 g/mol. The minimum atomic E-state index is -0.137. The minimum Gasteiger partial charge on any atom is -0.496 e. The molecule has 2 aromatic carbocycles. The fraction of sp³-hybridized carbons (Fsp3) is 0.190. The van der Waals surface area contributed by atoms with E-state index < -0.39 is 0 Å². The van der Waals surface area contributed by atoms with Crippen molar-refractivity contribution in [2.45, 2.75) is 19.8 Å². The van der Waals surface area contributed by atoms with E-state index in [4.69, 9.17) is 27.9 Å². The maximum Gasteiger partial charge on any atom is 0.266 e. The molecule has 0 amide bonds. The van der Waals surface area contributed by atoms with Crippen molar-refractivity contribution in [3.63, 3.8) is 0 Å². The summed E-state index contributed by atoms with van der Waals surface area (Å²) < 4.78 is 6.31. The number of ether oxygens (including phenoxy) is 1. The number of hydrogen-bond acceptors (Lipinski definition) is 3. The van der Waals surface area contributed by atoms with Gasteiger partial charge < -0.3 is 9.72 Å². The van der Waals surface area contributed by atoms with E-state index in [1.165, 1.54) is 11.3 Å². The molecule has 0 aliphatic rings. The zero-order chi connectivity index (χ0) is 19.1. The van der Waals surface area contributed by atoms with Crippen LogP contribution in [0.2, 0.25) is 10.0 Å². The molecule has 3 nitrogen and oxygen atoms in total. The first-order chi connectivity index (χ1) is 13.0. The number of pyridine rings is 1. The average molecular weight is 418 g/mol. The van der Waals surface area contributed by atoms with Crippen molar-refractivity contribution in [1.82, 2.24) is 4.98 Å². The van der Waals surface area contributed by atoms with Crippen molar-refractivity contribution in [1.29, 1.82) is 0 Å². The van der Waals surface area contributed by atoms with Gasteiger partial charge in [0.1, 0.15) is 10.4 Å². The zero-order valence-corrected chi connectivity index (χ0v) is 17.2. The Balaban J connectivity index is 2.13. The molecule has 0 unspecified atom stereocenters. The van der Waals surface area contributed by atoms with E-state index in [-0.39, 0.29) is 5.56 Å². The third-order valence-corrected chi connectivity index (χ3v) is 6.27. The molecule has 0 aliphatic heterocycles. The number of nitrogens with one attached hydrogen (secondary N) is 1. The summed E-state index contributed by atoms with van der Waals surface area (Å²) in [7, 11) is 1.62. The van der Waals surface area contributed by atoms with Gasteiger partial charge in [0, 0.05) is 27.4 Å². The number of aromatic nitrogens is 1. The Morgan fingerprint density at radius 3 is 2.67 bits per heavy atom. The molecule has 138 valence electrons. The predicted octanol–water partition coefficient (Wildman–Crippen LogP) is 6.68. The molecule has 1 N–H and O–H groups in total. The van der Waals surface area contributed by atoms with Crippen LogP contribution in [0.15, 0.2) is 40.5 Å². The highest BCUT2D eigenvalue weighted by Crippen LogP contribution is 2.44. The first-order valence-electron chi connectivity index (χ1n) is 8.63. The highest BCUT2D eigenvalue weighted by molar-refractivity contribution is 7.17. The van der Waals surface area contributed by atoms with Crippen LogP contribution in [0.4, 0.5) is 0 Å². The molecule has 6 heteroatoms. The quantitative estimate of drug-likeness (QED) is 0.402. The van der Waals surface area contributed by atoms with Gasteiger partial charge in [-0.2, -0.15) is 0 Å². The number of benzene rings is 2. The summed E-state index contributed by atoms with van der Waals surface area (Å²) in [5, 5.41) is 4.82. The summed E-state index contributed by atoms with van der Waals surface area (Å²) in [5.74, 6) is 0.645. The van der Waals surface area contributed by atoms with Crippen LogP contribution in [0.3, 0.4) is 0 Å². The number of hydrogen-bond donors (Lipinski definition) is 1. The van der Waals surface area contributed by atoms with Crippen LogP contribution in [0, 0.1) is 0 Å². The van der Waals surface area contributed by atoms with Gasteiger partial charge in [-0.25, -0.2) is 0 Å². The molecule has 0 aliphatic carbocycles. The van der Waals surface area contributed by atoms with E-state index in [1.807, 2.05) is 23.6 Å². The second kappa shape index (κ2) is 7.19. The van der Waals surface area contributed by atoms with Gasteiger partial charge >= 0.3 is 0 Å². The van der Waals surface area contributed by atoms with E-state index in [1.54, 1.807) is 13.2 Å². The van der Waals surface area contributed by atoms with Crippen molar-refractivity contribution < 1.29 is 4.74 Å². The fourth-order valence-electron chi connectivity index (χ4n) is 3.49. The third kappa shape index (κ3) is 3.02. The number of thiophene rings is 1. The lowest BCUT2D eigenvalue weighted by Crippen LogP contribution is -2.05. The van der Waals surface area contributed by atoms with Crippen molar-refractivity contribution in [2.24, 2.45) is 0 Å². The second-order valence-corrected chi connectivity index (χ2v) is 8.09. The lowest BCUT2D eigenvalue weighted by atomic mass is 9.96. The molecule has 0 saturated heterocycles. The van der Waals surface area contributed by atoms with E-state index >= 15 is 0 Å². The summed E-state index contributed by atoms with van der Waals surface area (Å²) >= 11 is 14.4. The van der Waals surface area contributed by atoms with Gasteiger partial charge in [0.25, 0.3) is 5.56 Å². The lowest BCUT2D eigenvalue weighted by molar-refractivity contribution is 0.417. The molecule has 4 rings (SSSR count). The zero-order valence-electron chi connectivity index (χ0n) is 14.9. The van der Waals surface area contributed by atoms with E-state index in [0.29, 0.717) is 21.0 Å².